The van der Waals surface area contributed by atoms with Crippen LogP contribution in [0.15, 0.2) is 52.7 Å². The maximum absolute atomic E-state index is 5.13. The van der Waals surface area contributed by atoms with Gasteiger partial charge in [-0.3, -0.25) is 0 Å². The molecule has 3 rings (SSSR count). The molecule has 0 amide bonds. The Morgan fingerprint density at radius 2 is 2.10 bits per heavy atom. The Kier molecular flexibility index (Phi) is 3.90. The molecule has 0 aliphatic rings. The van der Waals surface area contributed by atoms with Crippen LogP contribution in [0.3, 0.4) is 0 Å². The molecular weight excluding hydrogens is 266 g/mol. The highest BCUT2D eigenvalue weighted by atomic mass is 32.1. The van der Waals surface area contributed by atoms with Crippen molar-refractivity contribution in [3.05, 3.63) is 59.4 Å². The zero-order chi connectivity index (χ0) is 13.9. The van der Waals surface area contributed by atoms with E-state index in [1.165, 1.54) is 21.2 Å². The van der Waals surface area contributed by atoms with Crippen LogP contribution < -0.4 is 5.32 Å². The van der Waals surface area contributed by atoms with E-state index in [0.29, 0.717) is 12.1 Å². The molecule has 104 valence electrons. The van der Waals surface area contributed by atoms with Crippen LogP contribution in [0.1, 0.15) is 31.0 Å². The Labute approximate surface area is 123 Å². The molecule has 0 saturated carbocycles. The summed E-state index contributed by atoms with van der Waals surface area (Å²) in [7, 11) is 0. The van der Waals surface area contributed by atoms with Gasteiger partial charge in [-0.2, -0.15) is 0 Å². The van der Waals surface area contributed by atoms with Crippen molar-refractivity contribution in [1.82, 2.24) is 5.32 Å². The van der Waals surface area contributed by atoms with E-state index >= 15 is 0 Å². The lowest BCUT2D eigenvalue weighted by atomic mass is 10.0. The maximum Gasteiger partial charge on any atom is 0.0935 e. The molecule has 0 spiro atoms. The van der Waals surface area contributed by atoms with Crippen molar-refractivity contribution in [2.45, 2.75) is 32.4 Å². The third-order valence-electron chi connectivity index (χ3n) is 3.63. The molecule has 0 bridgehead atoms. The number of thiophene rings is 1. The van der Waals surface area contributed by atoms with Crippen molar-refractivity contribution in [2.24, 2.45) is 0 Å². The number of furan rings is 1. The second-order valence-electron chi connectivity index (χ2n) is 5.31. The molecule has 2 heterocycles. The summed E-state index contributed by atoms with van der Waals surface area (Å²) in [6.45, 7) is 4.46. The minimum atomic E-state index is 0.347. The number of benzene rings is 1. The first-order chi connectivity index (χ1) is 9.74. The number of hydrogen-bond acceptors (Lipinski definition) is 3. The van der Waals surface area contributed by atoms with Gasteiger partial charge in [-0.15, -0.1) is 11.3 Å². The number of fused-ring (bicyclic) bond motifs is 1. The summed E-state index contributed by atoms with van der Waals surface area (Å²) in [5, 5.41) is 7.18. The topological polar surface area (TPSA) is 25.2 Å². The van der Waals surface area contributed by atoms with Crippen LogP contribution >= 0.6 is 11.3 Å². The van der Waals surface area contributed by atoms with E-state index < -0.39 is 0 Å². The molecule has 2 unspecified atom stereocenters. The van der Waals surface area contributed by atoms with E-state index in [1.54, 1.807) is 6.26 Å². The molecular formula is C17H19NOS. The van der Waals surface area contributed by atoms with Gasteiger partial charge >= 0.3 is 0 Å². The van der Waals surface area contributed by atoms with Gasteiger partial charge in [0.05, 0.1) is 12.5 Å². The van der Waals surface area contributed by atoms with E-state index in [9.17, 15) is 0 Å². The van der Waals surface area contributed by atoms with Gasteiger partial charge in [-0.1, -0.05) is 18.2 Å². The molecule has 0 aliphatic heterocycles. The highest BCUT2D eigenvalue weighted by Gasteiger charge is 2.13. The van der Waals surface area contributed by atoms with Gasteiger partial charge in [0.15, 0.2) is 0 Å². The van der Waals surface area contributed by atoms with E-state index in [4.69, 9.17) is 4.42 Å². The van der Waals surface area contributed by atoms with Gasteiger partial charge < -0.3 is 9.73 Å². The van der Waals surface area contributed by atoms with Crippen molar-refractivity contribution < 1.29 is 4.42 Å². The molecule has 0 saturated heterocycles. The maximum atomic E-state index is 5.13. The summed E-state index contributed by atoms with van der Waals surface area (Å²) in [5.74, 6) is 0. The van der Waals surface area contributed by atoms with Crippen molar-refractivity contribution >= 4 is 21.4 Å². The van der Waals surface area contributed by atoms with E-state index in [2.05, 4.69) is 48.8 Å². The third-order valence-corrected chi connectivity index (χ3v) is 4.61. The fourth-order valence-corrected chi connectivity index (χ4v) is 3.70. The number of nitrogens with one attached hydrogen (secondary N) is 1. The summed E-state index contributed by atoms with van der Waals surface area (Å²) in [4.78, 5) is 0. The smallest absolute Gasteiger partial charge is 0.0935 e. The summed E-state index contributed by atoms with van der Waals surface area (Å²) < 4.78 is 6.52. The fourth-order valence-electron chi connectivity index (χ4n) is 2.69. The van der Waals surface area contributed by atoms with Gasteiger partial charge in [0.25, 0.3) is 0 Å². The average molecular weight is 285 g/mol. The minimum Gasteiger partial charge on any atom is -0.472 e. The van der Waals surface area contributed by atoms with Crippen LogP contribution in [-0.4, -0.2) is 6.04 Å². The fraction of sp³-hybridized carbons (Fsp3) is 0.294. The van der Waals surface area contributed by atoms with Crippen LogP contribution in [0.2, 0.25) is 0 Å². The zero-order valence-electron chi connectivity index (χ0n) is 11.8. The lowest BCUT2D eigenvalue weighted by molar-refractivity contribution is 0.476. The van der Waals surface area contributed by atoms with E-state index in [-0.39, 0.29) is 0 Å². The molecule has 3 heteroatoms. The lowest BCUT2D eigenvalue weighted by Gasteiger charge is -2.20. The van der Waals surface area contributed by atoms with Crippen molar-refractivity contribution in [3.8, 4) is 0 Å². The number of hydrogen-bond donors (Lipinski definition) is 1. The van der Waals surface area contributed by atoms with Crippen LogP contribution in [-0.2, 0) is 6.42 Å². The van der Waals surface area contributed by atoms with Crippen LogP contribution in [0, 0.1) is 0 Å². The molecule has 2 nitrogen and oxygen atoms in total. The third kappa shape index (κ3) is 2.79. The van der Waals surface area contributed by atoms with Crippen LogP contribution in [0.4, 0.5) is 0 Å². The van der Waals surface area contributed by atoms with Gasteiger partial charge in [-0.25, -0.2) is 0 Å². The minimum absolute atomic E-state index is 0.347. The van der Waals surface area contributed by atoms with E-state index in [0.717, 1.165) is 6.42 Å². The molecule has 0 radical (unpaired) electrons. The molecule has 20 heavy (non-hydrogen) atoms. The SMILES string of the molecule is CC(Cc1ccoc1)NC(C)c1cccc2ccsc12. The summed E-state index contributed by atoms with van der Waals surface area (Å²) >= 11 is 1.82. The summed E-state index contributed by atoms with van der Waals surface area (Å²) in [5.41, 5.74) is 2.63. The normalized spacial score (nSPS) is 14.5. The van der Waals surface area contributed by atoms with E-state index in [1.807, 2.05) is 23.7 Å². The molecule has 0 fully saturated rings. The van der Waals surface area contributed by atoms with Crippen LogP contribution in [0.5, 0.6) is 0 Å². The van der Waals surface area contributed by atoms with Gasteiger partial charge in [0.2, 0.25) is 0 Å². The predicted octanol–water partition coefficient (Wildman–Crippen LogP) is 4.78. The molecule has 2 atom stereocenters. The molecule has 2 aromatic heterocycles. The van der Waals surface area contributed by atoms with Gasteiger partial charge in [-0.05, 0) is 54.3 Å². The largest absolute Gasteiger partial charge is 0.472 e. The Hall–Kier alpha value is -1.58. The Morgan fingerprint density at radius 1 is 1.20 bits per heavy atom. The lowest BCUT2D eigenvalue weighted by Crippen LogP contribution is -2.30. The Morgan fingerprint density at radius 3 is 2.90 bits per heavy atom. The quantitative estimate of drug-likeness (QED) is 0.730. The zero-order valence-corrected chi connectivity index (χ0v) is 12.6. The molecule has 0 aliphatic carbocycles. The second-order valence-corrected chi connectivity index (χ2v) is 6.23. The van der Waals surface area contributed by atoms with Crippen molar-refractivity contribution in [3.63, 3.8) is 0 Å². The first kappa shape index (κ1) is 13.4. The highest BCUT2D eigenvalue weighted by Crippen LogP contribution is 2.29. The first-order valence-corrected chi connectivity index (χ1v) is 7.85. The highest BCUT2D eigenvalue weighted by molar-refractivity contribution is 7.17. The summed E-state index contributed by atoms with van der Waals surface area (Å²) in [6.07, 6.45) is 4.54. The predicted molar refractivity (Wildman–Crippen MR) is 85.2 cm³/mol. The first-order valence-electron chi connectivity index (χ1n) is 6.97. The Bertz CT molecular complexity index is 671. The average Bonchev–Trinajstić information content (AvgIpc) is 3.08. The van der Waals surface area contributed by atoms with Crippen molar-refractivity contribution in [2.75, 3.05) is 0 Å². The molecule has 3 aromatic rings. The molecule has 1 N–H and O–H groups in total. The number of rotatable bonds is 5. The summed E-state index contributed by atoms with van der Waals surface area (Å²) in [6, 6.07) is 11.5. The van der Waals surface area contributed by atoms with Gasteiger partial charge in [0.1, 0.15) is 0 Å². The standard InChI is InChI=1S/C17H19NOS/c1-12(10-14-6-8-19-11-14)18-13(2)16-5-3-4-15-7-9-20-17(15)16/h3-9,11-13,18H,10H2,1-2H3. The van der Waals surface area contributed by atoms with Crippen molar-refractivity contribution in [1.29, 1.82) is 0 Å². The van der Waals surface area contributed by atoms with Crippen LogP contribution in [0.25, 0.3) is 10.1 Å². The Balaban J connectivity index is 1.72. The van der Waals surface area contributed by atoms with Gasteiger partial charge in [0, 0.05) is 16.8 Å². The monoisotopic (exact) mass is 285 g/mol. The second kappa shape index (κ2) is 5.81. The molecule has 1 aromatic carbocycles.